The fraction of sp³-hybridized carbons (Fsp3) is 0.308. The number of nitrogens with one attached hydrogen (secondary N) is 1. The molecule has 0 atom stereocenters. The molecule has 0 aliphatic carbocycles. The summed E-state index contributed by atoms with van der Waals surface area (Å²) in [6.07, 6.45) is 3.40. The average molecular weight is 374 g/mol. The van der Waals surface area contributed by atoms with Crippen LogP contribution in [-0.4, -0.2) is 29.8 Å². The van der Waals surface area contributed by atoms with Crippen molar-refractivity contribution in [1.29, 1.82) is 0 Å². The summed E-state index contributed by atoms with van der Waals surface area (Å²) < 4.78 is 29.4. The number of hydrogen-bond acceptors (Lipinski definition) is 4. The molecule has 21 heavy (non-hydrogen) atoms. The predicted octanol–water partition coefficient (Wildman–Crippen LogP) is 1.42. The molecule has 114 valence electrons. The lowest BCUT2D eigenvalue weighted by molar-refractivity contribution is 0.281. The minimum atomic E-state index is -3.65. The van der Waals surface area contributed by atoms with E-state index in [0.29, 0.717) is 16.6 Å². The van der Waals surface area contributed by atoms with Crippen molar-refractivity contribution in [2.24, 2.45) is 0 Å². The molecule has 2 aromatic rings. The second kappa shape index (κ2) is 6.69. The van der Waals surface area contributed by atoms with E-state index in [1.165, 1.54) is 6.07 Å². The molecule has 8 heteroatoms. The highest BCUT2D eigenvalue weighted by molar-refractivity contribution is 9.10. The summed E-state index contributed by atoms with van der Waals surface area (Å²) in [5.74, 6) is 0. The number of hydrogen-bond donors (Lipinski definition) is 2. The smallest absolute Gasteiger partial charge is 0.241 e. The third-order valence-corrected chi connectivity index (χ3v) is 5.75. The largest absolute Gasteiger partial charge is 0.392 e. The lowest BCUT2D eigenvalue weighted by Crippen LogP contribution is -2.28. The van der Waals surface area contributed by atoms with Gasteiger partial charge in [0.05, 0.1) is 18.0 Å². The Morgan fingerprint density at radius 3 is 2.81 bits per heavy atom. The molecule has 0 aliphatic rings. The first-order valence-corrected chi connectivity index (χ1v) is 8.58. The quantitative estimate of drug-likeness (QED) is 0.801. The molecule has 0 bridgehead atoms. The molecule has 1 aromatic heterocycles. The van der Waals surface area contributed by atoms with Crippen LogP contribution in [0.15, 0.2) is 40.0 Å². The van der Waals surface area contributed by atoms with Crippen LogP contribution >= 0.6 is 15.9 Å². The Labute approximate surface area is 132 Å². The predicted molar refractivity (Wildman–Crippen MR) is 82.2 cm³/mol. The molecule has 0 radical (unpaired) electrons. The molecule has 6 nitrogen and oxygen atoms in total. The summed E-state index contributed by atoms with van der Waals surface area (Å²) >= 11 is 3.29. The first-order valence-electron chi connectivity index (χ1n) is 6.31. The molecule has 0 aliphatic heterocycles. The summed E-state index contributed by atoms with van der Waals surface area (Å²) in [4.78, 5) is 0.131. The van der Waals surface area contributed by atoms with E-state index in [2.05, 4.69) is 25.8 Å². The van der Waals surface area contributed by atoms with Gasteiger partial charge in [-0.05, 0) is 46.1 Å². The minimum Gasteiger partial charge on any atom is -0.392 e. The van der Waals surface area contributed by atoms with Gasteiger partial charge in [0.25, 0.3) is 0 Å². The highest BCUT2D eigenvalue weighted by atomic mass is 79.9. The molecule has 0 spiro atoms. The zero-order chi connectivity index (χ0) is 15.5. The number of halogens is 1. The Morgan fingerprint density at radius 2 is 2.19 bits per heavy atom. The van der Waals surface area contributed by atoms with Crippen molar-refractivity contribution in [3.05, 3.63) is 46.2 Å². The number of aliphatic hydroxyl groups is 1. The molecular formula is C13H16BrN3O3S. The van der Waals surface area contributed by atoms with Gasteiger partial charge in [0, 0.05) is 23.4 Å². The van der Waals surface area contributed by atoms with Gasteiger partial charge in [-0.1, -0.05) is 6.07 Å². The van der Waals surface area contributed by atoms with Crippen LogP contribution in [0, 0.1) is 6.92 Å². The maximum Gasteiger partial charge on any atom is 0.241 e. The van der Waals surface area contributed by atoms with E-state index in [0.717, 1.165) is 5.56 Å². The van der Waals surface area contributed by atoms with Crippen molar-refractivity contribution in [3.63, 3.8) is 0 Å². The molecule has 0 saturated heterocycles. The van der Waals surface area contributed by atoms with E-state index in [1.807, 2.05) is 0 Å². The molecule has 0 fully saturated rings. The van der Waals surface area contributed by atoms with Crippen LogP contribution < -0.4 is 4.72 Å². The van der Waals surface area contributed by atoms with E-state index >= 15 is 0 Å². The number of nitrogens with zero attached hydrogens (tertiary/aromatic N) is 2. The summed E-state index contributed by atoms with van der Waals surface area (Å²) in [7, 11) is -3.65. The Bertz CT molecular complexity index is 715. The van der Waals surface area contributed by atoms with Gasteiger partial charge in [0.15, 0.2) is 0 Å². The second-order valence-corrected chi connectivity index (χ2v) is 7.08. The van der Waals surface area contributed by atoms with Gasteiger partial charge in [-0.3, -0.25) is 4.68 Å². The van der Waals surface area contributed by atoms with E-state index in [4.69, 9.17) is 0 Å². The summed E-state index contributed by atoms with van der Waals surface area (Å²) in [5, 5.41) is 13.2. The van der Waals surface area contributed by atoms with Crippen LogP contribution in [0.5, 0.6) is 0 Å². The molecule has 2 N–H and O–H groups in total. The standard InChI is InChI=1S/C13H16BrN3O3S/c1-10-7-11(9-18)8-12(13(10)14)21(19,20)16-4-6-17-5-2-3-15-17/h2-3,5,7-8,16,18H,4,6,9H2,1H3. The van der Waals surface area contributed by atoms with Crippen molar-refractivity contribution in [2.45, 2.75) is 25.0 Å². The van der Waals surface area contributed by atoms with Crippen molar-refractivity contribution < 1.29 is 13.5 Å². The van der Waals surface area contributed by atoms with Gasteiger partial charge < -0.3 is 5.11 Å². The summed E-state index contributed by atoms with van der Waals surface area (Å²) in [6, 6.07) is 4.99. The lowest BCUT2D eigenvalue weighted by atomic mass is 10.1. The van der Waals surface area contributed by atoms with Crippen LogP contribution in [0.4, 0.5) is 0 Å². The van der Waals surface area contributed by atoms with Gasteiger partial charge in [-0.2, -0.15) is 5.10 Å². The Kier molecular flexibility index (Phi) is 5.15. The third-order valence-electron chi connectivity index (χ3n) is 2.95. The van der Waals surface area contributed by atoms with Crippen LogP contribution in [0.2, 0.25) is 0 Å². The lowest BCUT2D eigenvalue weighted by Gasteiger charge is -2.12. The van der Waals surface area contributed by atoms with Crippen molar-refractivity contribution >= 4 is 26.0 Å². The maximum absolute atomic E-state index is 12.3. The van der Waals surface area contributed by atoms with Crippen LogP contribution in [0.25, 0.3) is 0 Å². The molecule has 0 amide bonds. The van der Waals surface area contributed by atoms with Gasteiger partial charge in [-0.15, -0.1) is 0 Å². The monoisotopic (exact) mass is 373 g/mol. The van der Waals surface area contributed by atoms with Crippen molar-refractivity contribution in [1.82, 2.24) is 14.5 Å². The molecular weight excluding hydrogens is 358 g/mol. The van der Waals surface area contributed by atoms with Crippen LogP contribution in [0.1, 0.15) is 11.1 Å². The van der Waals surface area contributed by atoms with Gasteiger partial charge in [-0.25, -0.2) is 13.1 Å². The normalized spacial score (nSPS) is 11.8. The molecule has 0 saturated carbocycles. The number of rotatable bonds is 6. The van der Waals surface area contributed by atoms with Crippen LogP contribution in [0.3, 0.4) is 0 Å². The Balaban J connectivity index is 2.17. The number of aryl methyl sites for hydroxylation is 1. The van der Waals surface area contributed by atoms with E-state index in [1.54, 1.807) is 36.1 Å². The van der Waals surface area contributed by atoms with E-state index in [9.17, 15) is 13.5 Å². The first-order chi connectivity index (χ1) is 9.94. The van der Waals surface area contributed by atoms with Gasteiger partial charge in [0.2, 0.25) is 10.0 Å². The third kappa shape index (κ3) is 3.91. The van der Waals surface area contributed by atoms with E-state index in [-0.39, 0.29) is 18.0 Å². The van der Waals surface area contributed by atoms with Crippen molar-refractivity contribution in [3.8, 4) is 0 Å². The number of benzene rings is 1. The molecule has 0 unspecified atom stereocenters. The zero-order valence-electron chi connectivity index (χ0n) is 11.5. The SMILES string of the molecule is Cc1cc(CO)cc(S(=O)(=O)NCCn2cccn2)c1Br. The minimum absolute atomic E-state index is 0.131. The fourth-order valence-corrected chi connectivity index (χ4v) is 3.99. The molecule has 2 rings (SSSR count). The van der Waals surface area contributed by atoms with Gasteiger partial charge in [0.1, 0.15) is 0 Å². The van der Waals surface area contributed by atoms with Crippen LogP contribution in [-0.2, 0) is 23.2 Å². The van der Waals surface area contributed by atoms with Gasteiger partial charge >= 0.3 is 0 Å². The average Bonchev–Trinajstić information content (AvgIpc) is 2.94. The second-order valence-electron chi connectivity index (χ2n) is 4.55. The highest BCUT2D eigenvalue weighted by Crippen LogP contribution is 2.27. The highest BCUT2D eigenvalue weighted by Gasteiger charge is 2.19. The fourth-order valence-electron chi connectivity index (χ4n) is 1.90. The maximum atomic E-state index is 12.3. The van der Waals surface area contributed by atoms with E-state index < -0.39 is 10.0 Å². The number of sulfonamides is 1. The molecule has 1 heterocycles. The molecule has 1 aromatic carbocycles. The topological polar surface area (TPSA) is 84.2 Å². The summed E-state index contributed by atoms with van der Waals surface area (Å²) in [5.41, 5.74) is 1.32. The first kappa shape index (κ1) is 16.2. The number of aliphatic hydroxyl groups excluding tert-OH is 1. The zero-order valence-corrected chi connectivity index (χ0v) is 13.9. The Hall–Kier alpha value is -1.22. The van der Waals surface area contributed by atoms with Crippen molar-refractivity contribution in [2.75, 3.05) is 6.54 Å². The summed E-state index contributed by atoms with van der Waals surface area (Å²) in [6.45, 7) is 2.26. The number of aromatic nitrogens is 2. The Morgan fingerprint density at radius 1 is 1.43 bits per heavy atom.